The standard InChI is InChI=1S/C12H16Cl6N6O4/c13-11(14,15)9(19-5-25)23(7-27)21-1-2-22(4-3-21)24(8-28)10(20-6-26)12(16,17)18/h5-10H,1-4H2,(H,19,25)(H,20,26). The third kappa shape index (κ3) is 6.81. The molecule has 1 heterocycles. The zero-order valence-corrected chi connectivity index (χ0v) is 18.5. The fourth-order valence-corrected chi connectivity index (χ4v) is 3.48. The van der Waals surface area contributed by atoms with E-state index in [9.17, 15) is 19.2 Å². The molecule has 2 atom stereocenters. The highest BCUT2D eigenvalue weighted by Crippen LogP contribution is 2.34. The summed E-state index contributed by atoms with van der Waals surface area (Å²) in [5.41, 5.74) is 0. The van der Waals surface area contributed by atoms with Crippen LogP contribution < -0.4 is 10.6 Å². The van der Waals surface area contributed by atoms with Gasteiger partial charge in [0.15, 0.2) is 12.3 Å². The topological polar surface area (TPSA) is 105 Å². The van der Waals surface area contributed by atoms with Crippen LogP contribution in [-0.2, 0) is 19.2 Å². The number of alkyl halides is 6. The summed E-state index contributed by atoms with van der Waals surface area (Å²) >= 11 is 35.0. The molecule has 4 amide bonds. The summed E-state index contributed by atoms with van der Waals surface area (Å²) in [6.07, 6.45) is -1.13. The lowest BCUT2D eigenvalue weighted by Crippen LogP contribution is -2.66. The zero-order chi connectivity index (χ0) is 21.5. The van der Waals surface area contributed by atoms with Crippen molar-refractivity contribution in [1.82, 2.24) is 30.7 Å². The number of nitrogens with zero attached hydrogens (tertiary/aromatic N) is 4. The number of carbonyl (C=O) groups excluding carboxylic acids is 4. The number of hydrogen-bond donors (Lipinski definition) is 2. The van der Waals surface area contributed by atoms with Crippen molar-refractivity contribution in [1.29, 1.82) is 0 Å². The van der Waals surface area contributed by atoms with Gasteiger partial charge in [0, 0.05) is 26.2 Å². The second-order valence-corrected chi connectivity index (χ2v) is 10.1. The summed E-state index contributed by atoms with van der Waals surface area (Å²) in [5.74, 6) is 0. The van der Waals surface area contributed by atoms with E-state index in [2.05, 4.69) is 10.6 Å². The van der Waals surface area contributed by atoms with Gasteiger partial charge in [0.05, 0.1) is 0 Å². The molecule has 0 aliphatic carbocycles. The van der Waals surface area contributed by atoms with Crippen molar-refractivity contribution >= 4 is 95.2 Å². The molecule has 1 aliphatic heterocycles. The van der Waals surface area contributed by atoms with Gasteiger partial charge >= 0.3 is 0 Å². The van der Waals surface area contributed by atoms with Crippen LogP contribution in [0.1, 0.15) is 0 Å². The van der Waals surface area contributed by atoms with Crippen molar-refractivity contribution in [3.05, 3.63) is 0 Å². The molecule has 0 radical (unpaired) electrons. The molecule has 0 aromatic heterocycles. The van der Waals surface area contributed by atoms with E-state index in [0.717, 1.165) is 10.0 Å². The summed E-state index contributed by atoms with van der Waals surface area (Å²) in [7, 11) is 0. The van der Waals surface area contributed by atoms with Crippen molar-refractivity contribution in [2.45, 2.75) is 19.9 Å². The van der Waals surface area contributed by atoms with Crippen molar-refractivity contribution in [2.24, 2.45) is 0 Å². The number of hydrazine groups is 2. The van der Waals surface area contributed by atoms with Crippen LogP contribution in [0.2, 0.25) is 0 Å². The van der Waals surface area contributed by atoms with Crippen LogP contribution in [0, 0.1) is 0 Å². The minimum absolute atomic E-state index is 0.175. The van der Waals surface area contributed by atoms with Crippen LogP contribution in [0.3, 0.4) is 0 Å². The first-order valence-electron chi connectivity index (χ1n) is 7.51. The molecule has 2 N–H and O–H groups in total. The van der Waals surface area contributed by atoms with E-state index in [1.807, 2.05) is 0 Å². The predicted molar refractivity (Wildman–Crippen MR) is 106 cm³/mol. The van der Waals surface area contributed by atoms with Gasteiger partial charge < -0.3 is 10.6 Å². The van der Waals surface area contributed by atoms with E-state index in [-0.39, 0.29) is 26.2 Å². The molecule has 1 rings (SSSR count). The molecule has 0 aromatic rings. The lowest BCUT2D eigenvalue weighted by molar-refractivity contribution is -0.167. The first-order valence-corrected chi connectivity index (χ1v) is 9.77. The Hall–Kier alpha value is -0.460. The molecular formula is C12H16Cl6N6O4. The second kappa shape index (κ2) is 11.1. The van der Waals surface area contributed by atoms with Crippen molar-refractivity contribution in [2.75, 3.05) is 26.2 Å². The molecule has 0 bridgehead atoms. The minimum atomic E-state index is -2.00. The van der Waals surface area contributed by atoms with Crippen LogP contribution in [-0.4, -0.2) is 91.8 Å². The second-order valence-electron chi connectivity index (χ2n) is 5.34. The number of piperazine rings is 1. The molecule has 28 heavy (non-hydrogen) atoms. The van der Waals surface area contributed by atoms with E-state index in [4.69, 9.17) is 69.6 Å². The highest BCUT2D eigenvalue weighted by molar-refractivity contribution is 6.68. The molecule has 160 valence electrons. The third-order valence-electron chi connectivity index (χ3n) is 3.70. The summed E-state index contributed by atoms with van der Waals surface area (Å²) < 4.78 is -4.00. The van der Waals surface area contributed by atoms with Gasteiger partial charge in [0.1, 0.15) is 0 Å². The van der Waals surface area contributed by atoms with Gasteiger partial charge in [-0.1, -0.05) is 69.6 Å². The zero-order valence-electron chi connectivity index (χ0n) is 14.0. The largest absolute Gasteiger partial charge is 0.334 e. The van der Waals surface area contributed by atoms with Gasteiger partial charge in [-0.05, 0) is 0 Å². The molecule has 10 nitrogen and oxygen atoms in total. The maximum Gasteiger partial charge on any atom is 0.230 e. The van der Waals surface area contributed by atoms with Crippen LogP contribution in [0.5, 0.6) is 0 Å². The molecule has 0 spiro atoms. The first-order chi connectivity index (χ1) is 13.0. The normalized spacial score (nSPS) is 18.5. The molecule has 16 heteroatoms. The van der Waals surface area contributed by atoms with Gasteiger partial charge in [0.2, 0.25) is 33.2 Å². The Balaban J connectivity index is 2.91. The Labute approximate surface area is 190 Å². The van der Waals surface area contributed by atoms with Crippen LogP contribution >= 0.6 is 69.6 Å². The number of carbonyl (C=O) groups is 4. The van der Waals surface area contributed by atoms with Gasteiger partial charge in [-0.25, -0.2) is 10.0 Å². The lowest BCUT2D eigenvalue weighted by Gasteiger charge is -2.47. The van der Waals surface area contributed by atoms with E-state index < -0.39 is 19.9 Å². The van der Waals surface area contributed by atoms with Gasteiger partial charge in [-0.3, -0.25) is 29.2 Å². The average molecular weight is 521 g/mol. The number of amides is 4. The Bertz CT molecular complexity index is 506. The summed E-state index contributed by atoms with van der Waals surface area (Å²) in [6.45, 7) is 0.701. The third-order valence-corrected chi connectivity index (χ3v) is 4.94. The Morgan fingerprint density at radius 2 is 0.964 bits per heavy atom. The highest BCUT2D eigenvalue weighted by atomic mass is 35.6. The van der Waals surface area contributed by atoms with E-state index in [1.165, 1.54) is 10.0 Å². The lowest BCUT2D eigenvalue weighted by atomic mass is 10.3. The van der Waals surface area contributed by atoms with E-state index >= 15 is 0 Å². The van der Waals surface area contributed by atoms with Crippen molar-refractivity contribution in [3.63, 3.8) is 0 Å². The Morgan fingerprint density at radius 3 is 1.14 bits per heavy atom. The number of hydrogen-bond acceptors (Lipinski definition) is 6. The molecular weight excluding hydrogens is 505 g/mol. The Kier molecular flexibility index (Phi) is 10.1. The fraction of sp³-hybridized carbons (Fsp3) is 0.667. The molecule has 0 aromatic carbocycles. The maximum atomic E-state index is 11.5. The van der Waals surface area contributed by atoms with Crippen LogP contribution in [0.25, 0.3) is 0 Å². The number of nitrogens with one attached hydrogen (secondary N) is 2. The number of halogens is 6. The minimum Gasteiger partial charge on any atom is -0.334 e. The van der Waals surface area contributed by atoms with Crippen LogP contribution in [0.15, 0.2) is 0 Å². The fourth-order valence-electron chi connectivity index (χ4n) is 2.50. The molecule has 0 saturated carbocycles. The monoisotopic (exact) mass is 518 g/mol. The van der Waals surface area contributed by atoms with Gasteiger partial charge in [-0.15, -0.1) is 0 Å². The van der Waals surface area contributed by atoms with E-state index in [1.54, 1.807) is 0 Å². The quantitative estimate of drug-likeness (QED) is 0.243. The van der Waals surface area contributed by atoms with Gasteiger partial charge in [0.25, 0.3) is 0 Å². The van der Waals surface area contributed by atoms with Crippen molar-refractivity contribution < 1.29 is 19.2 Å². The summed E-state index contributed by atoms with van der Waals surface area (Å²) in [5, 5.41) is 9.60. The average Bonchev–Trinajstić information content (AvgIpc) is 2.61. The predicted octanol–water partition coefficient (Wildman–Crippen LogP) is 0.235. The van der Waals surface area contributed by atoms with Gasteiger partial charge in [-0.2, -0.15) is 0 Å². The molecule has 1 fully saturated rings. The molecule has 1 saturated heterocycles. The van der Waals surface area contributed by atoms with E-state index in [0.29, 0.717) is 25.6 Å². The SMILES string of the molecule is O=CNC(N(C=O)N1CCN(N(C=O)C(NC=O)C(Cl)(Cl)Cl)CC1)C(Cl)(Cl)Cl. The van der Waals surface area contributed by atoms with Crippen LogP contribution in [0.4, 0.5) is 0 Å². The summed E-state index contributed by atoms with van der Waals surface area (Å²) in [4.78, 5) is 44.7. The highest BCUT2D eigenvalue weighted by Gasteiger charge is 2.43. The van der Waals surface area contributed by atoms with Crippen molar-refractivity contribution in [3.8, 4) is 0 Å². The number of rotatable bonds is 10. The summed E-state index contributed by atoms with van der Waals surface area (Å²) in [6, 6.07) is 0. The maximum absolute atomic E-state index is 11.5. The first kappa shape index (κ1) is 25.6. The Morgan fingerprint density at radius 1 is 0.679 bits per heavy atom. The molecule has 1 aliphatic rings. The smallest absolute Gasteiger partial charge is 0.230 e. The molecule has 2 unspecified atom stereocenters.